The standard InChI is InChI=1S/C19H26N4O2.ClH/c1-15-4-5-17(25-2)16(14-15)6-10-21-18(24)19(7-11-20-12-8-19)23-13-3-9-22-23;/h3-5,9,13-14,20H,6-8,10-12H2,1-2H3,(H,21,24);1H. The van der Waals surface area contributed by atoms with Crippen LogP contribution < -0.4 is 15.4 Å². The molecule has 0 saturated carbocycles. The van der Waals surface area contributed by atoms with Gasteiger partial charge in [-0.05, 0) is 57.0 Å². The molecular formula is C19H27ClN4O2. The number of aromatic nitrogens is 2. The third-order valence-corrected chi connectivity index (χ3v) is 4.91. The highest BCUT2D eigenvalue weighted by Crippen LogP contribution is 2.27. The molecule has 1 amide bonds. The Morgan fingerprint density at radius 1 is 1.38 bits per heavy atom. The number of methoxy groups -OCH3 is 1. The Balaban J connectivity index is 0.00000243. The monoisotopic (exact) mass is 378 g/mol. The summed E-state index contributed by atoms with van der Waals surface area (Å²) in [6, 6.07) is 7.99. The van der Waals surface area contributed by atoms with Crippen LogP contribution in [-0.4, -0.2) is 42.4 Å². The van der Waals surface area contributed by atoms with E-state index in [1.54, 1.807) is 13.3 Å². The fraction of sp³-hybridized carbons (Fsp3) is 0.474. The van der Waals surface area contributed by atoms with Crippen molar-refractivity contribution >= 4 is 18.3 Å². The van der Waals surface area contributed by atoms with E-state index in [0.29, 0.717) is 6.54 Å². The highest BCUT2D eigenvalue weighted by atomic mass is 35.5. The quantitative estimate of drug-likeness (QED) is 0.807. The van der Waals surface area contributed by atoms with Crippen LogP contribution in [0.15, 0.2) is 36.7 Å². The van der Waals surface area contributed by atoms with Gasteiger partial charge in [-0.1, -0.05) is 17.7 Å². The second kappa shape index (κ2) is 9.05. The number of hydrogen-bond donors (Lipinski definition) is 2. The van der Waals surface area contributed by atoms with Gasteiger partial charge in [0.05, 0.1) is 7.11 Å². The SMILES string of the molecule is COc1ccc(C)cc1CCNC(=O)C1(n2cccn2)CCNCC1.Cl. The minimum absolute atomic E-state index is 0. The summed E-state index contributed by atoms with van der Waals surface area (Å²) in [5.74, 6) is 0.910. The van der Waals surface area contributed by atoms with Gasteiger partial charge >= 0.3 is 0 Å². The Bertz CT molecular complexity index is 712. The third-order valence-electron chi connectivity index (χ3n) is 4.91. The predicted octanol–water partition coefficient (Wildman–Crippen LogP) is 2.06. The van der Waals surface area contributed by atoms with E-state index in [0.717, 1.165) is 43.7 Å². The molecule has 1 aromatic heterocycles. The van der Waals surface area contributed by atoms with Gasteiger partial charge in [0.25, 0.3) is 0 Å². The summed E-state index contributed by atoms with van der Waals surface area (Å²) in [6.07, 6.45) is 5.84. The maximum Gasteiger partial charge on any atom is 0.248 e. The first-order valence-corrected chi connectivity index (χ1v) is 8.78. The van der Waals surface area contributed by atoms with Gasteiger partial charge in [0.1, 0.15) is 11.3 Å². The summed E-state index contributed by atoms with van der Waals surface area (Å²) in [7, 11) is 1.68. The first-order valence-electron chi connectivity index (χ1n) is 8.78. The van der Waals surface area contributed by atoms with Gasteiger partial charge in [0, 0.05) is 18.9 Å². The average molecular weight is 379 g/mol. The van der Waals surface area contributed by atoms with E-state index < -0.39 is 5.54 Å². The molecule has 0 radical (unpaired) electrons. The Hall–Kier alpha value is -2.05. The smallest absolute Gasteiger partial charge is 0.248 e. The van der Waals surface area contributed by atoms with Crippen molar-refractivity contribution in [3.8, 4) is 5.75 Å². The minimum atomic E-state index is -0.592. The molecule has 1 fully saturated rings. The van der Waals surface area contributed by atoms with Gasteiger partial charge in [-0.25, -0.2) is 0 Å². The predicted molar refractivity (Wildman–Crippen MR) is 104 cm³/mol. The van der Waals surface area contributed by atoms with Crippen molar-refractivity contribution in [2.45, 2.75) is 31.7 Å². The maximum absolute atomic E-state index is 13.0. The number of halogens is 1. The molecule has 26 heavy (non-hydrogen) atoms. The number of piperidine rings is 1. The molecule has 142 valence electrons. The normalized spacial score (nSPS) is 15.8. The first-order chi connectivity index (χ1) is 12.2. The summed E-state index contributed by atoms with van der Waals surface area (Å²) in [5, 5.41) is 10.8. The number of hydrogen-bond acceptors (Lipinski definition) is 4. The molecule has 1 aromatic carbocycles. The summed E-state index contributed by atoms with van der Waals surface area (Å²) in [4.78, 5) is 13.0. The van der Waals surface area contributed by atoms with Crippen molar-refractivity contribution in [2.75, 3.05) is 26.7 Å². The van der Waals surface area contributed by atoms with Crippen molar-refractivity contribution in [1.82, 2.24) is 20.4 Å². The van der Waals surface area contributed by atoms with Crippen LogP contribution in [0.25, 0.3) is 0 Å². The van der Waals surface area contributed by atoms with Crippen molar-refractivity contribution in [2.24, 2.45) is 0 Å². The van der Waals surface area contributed by atoms with E-state index in [9.17, 15) is 4.79 Å². The van der Waals surface area contributed by atoms with Crippen molar-refractivity contribution in [1.29, 1.82) is 0 Å². The molecule has 1 aliphatic heterocycles. The Labute approximate surface area is 160 Å². The number of rotatable bonds is 6. The lowest BCUT2D eigenvalue weighted by Crippen LogP contribution is -2.54. The van der Waals surface area contributed by atoms with Gasteiger partial charge < -0.3 is 15.4 Å². The third kappa shape index (κ3) is 4.19. The zero-order valence-electron chi connectivity index (χ0n) is 15.3. The van der Waals surface area contributed by atoms with Gasteiger partial charge in [-0.2, -0.15) is 5.10 Å². The molecule has 0 spiro atoms. The lowest BCUT2D eigenvalue weighted by atomic mass is 9.87. The van der Waals surface area contributed by atoms with Crippen LogP contribution in [0.2, 0.25) is 0 Å². The molecule has 3 rings (SSSR count). The number of benzene rings is 1. The molecule has 0 unspecified atom stereocenters. The van der Waals surface area contributed by atoms with Gasteiger partial charge in [-0.15, -0.1) is 12.4 Å². The lowest BCUT2D eigenvalue weighted by molar-refractivity contribution is -0.131. The molecular weight excluding hydrogens is 352 g/mol. The fourth-order valence-corrected chi connectivity index (χ4v) is 3.50. The largest absolute Gasteiger partial charge is 0.496 e. The number of aryl methyl sites for hydroxylation is 1. The molecule has 1 saturated heterocycles. The zero-order chi connectivity index (χ0) is 17.7. The number of nitrogens with zero attached hydrogens (tertiary/aromatic N) is 2. The number of carbonyl (C=O) groups is 1. The van der Waals surface area contributed by atoms with Crippen LogP contribution in [0, 0.1) is 6.92 Å². The average Bonchev–Trinajstić information content (AvgIpc) is 3.17. The molecule has 0 aliphatic carbocycles. The Kier molecular flexibility index (Phi) is 7.06. The zero-order valence-corrected chi connectivity index (χ0v) is 16.1. The van der Waals surface area contributed by atoms with E-state index in [2.05, 4.69) is 28.7 Å². The summed E-state index contributed by atoms with van der Waals surface area (Å²) >= 11 is 0. The van der Waals surface area contributed by atoms with Crippen LogP contribution >= 0.6 is 12.4 Å². The van der Waals surface area contributed by atoms with Crippen molar-refractivity contribution in [3.05, 3.63) is 47.8 Å². The molecule has 0 atom stereocenters. The molecule has 2 heterocycles. The molecule has 1 aliphatic rings. The number of amides is 1. The summed E-state index contributed by atoms with van der Waals surface area (Å²) in [5.41, 5.74) is 1.71. The maximum atomic E-state index is 13.0. The van der Waals surface area contributed by atoms with Gasteiger partial charge in [-0.3, -0.25) is 9.48 Å². The Morgan fingerprint density at radius 2 is 2.15 bits per heavy atom. The van der Waals surface area contributed by atoms with E-state index in [1.165, 1.54) is 5.56 Å². The van der Waals surface area contributed by atoms with Crippen molar-refractivity contribution < 1.29 is 9.53 Å². The number of nitrogens with one attached hydrogen (secondary N) is 2. The highest BCUT2D eigenvalue weighted by molar-refractivity contribution is 5.85. The summed E-state index contributed by atoms with van der Waals surface area (Å²) < 4.78 is 7.23. The topological polar surface area (TPSA) is 68.2 Å². The fourth-order valence-electron chi connectivity index (χ4n) is 3.50. The van der Waals surface area contributed by atoms with E-state index in [1.807, 2.05) is 29.1 Å². The molecule has 0 bridgehead atoms. The highest BCUT2D eigenvalue weighted by Gasteiger charge is 2.41. The molecule has 7 heteroatoms. The molecule has 2 N–H and O–H groups in total. The van der Waals surface area contributed by atoms with Crippen LogP contribution in [-0.2, 0) is 16.8 Å². The Morgan fingerprint density at radius 3 is 2.81 bits per heavy atom. The second-order valence-electron chi connectivity index (χ2n) is 6.55. The lowest BCUT2D eigenvalue weighted by Gasteiger charge is -2.36. The van der Waals surface area contributed by atoms with Crippen LogP contribution in [0.1, 0.15) is 24.0 Å². The molecule has 2 aromatic rings. The molecule has 6 nitrogen and oxygen atoms in total. The van der Waals surface area contributed by atoms with E-state index in [-0.39, 0.29) is 18.3 Å². The number of carbonyl (C=O) groups excluding carboxylic acids is 1. The minimum Gasteiger partial charge on any atom is -0.496 e. The second-order valence-corrected chi connectivity index (χ2v) is 6.55. The summed E-state index contributed by atoms with van der Waals surface area (Å²) in [6.45, 7) is 4.27. The van der Waals surface area contributed by atoms with Crippen molar-refractivity contribution in [3.63, 3.8) is 0 Å². The van der Waals surface area contributed by atoms with Gasteiger partial charge in [0.2, 0.25) is 5.91 Å². The van der Waals surface area contributed by atoms with Gasteiger partial charge in [0.15, 0.2) is 0 Å². The van der Waals surface area contributed by atoms with E-state index >= 15 is 0 Å². The first kappa shape index (κ1) is 20.3. The van der Waals surface area contributed by atoms with Crippen LogP contribution in [0.3, 0.4) is 0 Å². The van der Waals surface area contributed by atoms with E-state index in [4.69, 9.17) is 4.74 Å². The number of ether oxygens (including phenoxy) is 1. The van der Waals surface area contributed by atoms with Crippen LogP contribution in [0.4, 0.5) is 0 Å². The van der Waals surface area contributed by atoms with Crippen LogP contribution in [0.5, 0.6) is 5.75 Å².